The third kappa shape index (κ3) is 9.29. The highest BCUT2D eigenvalue weighted by Crippen LogP contribution is 2.16. The summed E-state index contributed by atoms with van der Waals surface area (Å²) in [6.07, 6.45) is 0.0427. The number of amidine groups is 1. The molecule has 0 fully saturated rings. The number of nitrogens with two attached hydrogens (primary N) is 1. The van der Waals surface area contributed by atoms with Gasteiger partial charge in [0.05, 0.1) is 12.9 Å². The van der Waals surface area contributed by atoms with Gasteiger partial charge < -0.3 is 20.5 Å². The van der Waals surface area contributed by atoms with Gasteiger partial charge >= 0.3 is 0 Å². The Balaban J connectivity index is 2.19. The molecule has 2 aromatic rings. The second kappa shape index (κ2) is 14.1. The summed E-state index contributed by atoms with van der Waals surface area (Å²) >= 11 is 2.04. The number of carbonyl (C=O) groups excluding carboxylic acids is 2. The molecular weight excluding hydrogens is 631 g/mol. The van der Waals surface area contributed by atoms with E-state index in [9.17, 15) is 22.8 Å². The monoisotopic (exact) mass is 662 g/mol. The highest BCUT2D eigenvalue weighted by molar-refractivity contribution is 14.1. The lowest BCUT2D eigenvalue weighted by molar-refractivity contribution is -0.172. The molecule has 208 valence electrons. The number of likely N-dealkylation sites (N-methyl/N-ethyl adjacent to an activating group) is 1. The van der Waals surface area contributed by atoms with Crippen LogP contribution in [0.3, 0.4) is 0 Å². The number of hydroxylamine groups is 2. The molecule has 0 radical (unpaired) electrons. The lowest BCUT2D eigenvalue weighted by atomic mass is 10.2. The van der Waals surface area contributed by atoms with Gasteiger partial charge in [-0.1, -0.05) is 23.4 Å². The molecule has 0 bridgehead atoms. The summed E-state index contributed by atoms with van der Waals surface area (Å²) in [7, 11) is -1.24. The Labute approximate surface area is 234 Å². The normalized spacial score (nSPS) is 12.5. The number of benzene rings is 1. The second-order valence-electron chi connectivity index (χ2n) is 8.23. The molecule has 15 heteroatoms. The lowest BCUT2D eigenvalue weighted by Crippen LogP contribution is -2.49. The van der Waals surface area contributed by atoms with Gasteiger partial charge in [-0.25, -0.2) is 13.5 Å². The van der Waals surface area contributed by atoms with Crippen LogP contribution in [-0.2, 0) is 41.6 Å². The van der Waals surface area contributed by atoms with Crippen molar-refractivity contribution >= 4 is 56.0 Å². The minimum atomic E-state index is -3.92. The Morgan fingerprint density at radius 3 is 2.55 bits per heavy atom. The van der Waals surface area contributed by atoms with E-state index in [4.69, 9.17) is 15.4 Å². The molecule has 0 aliphatic heterocycles. The first-order valence-electron chi connectivity index (χ1n) is 11.3. The van der Waals surface area contributed by atoms with Crippen LogP contribution in [0.2, 0.25) is 0 Å². The molecule has 1 aromatic heterocycles. The molecule has 4 N–H and O–H groups in total. The van der Waals surface area contributed by atoms with Crippen LogP contribution in [0.4, 0.5) is 5.69 Å². The summed E-state index contributed by atoms with van der Waals surface area (Å²) in [6, 6.07) is 8.80. The van der Waals surface area contributed by atoms with Crippen LogP contribution in [0.25, 0.3) is 0 Å². The minimum absolute atomic E-state index is 0.0284. The molecule has 0 saturated carbocycles. The first kappa shape index (κ1) is 31.0. The summed E-state index contributed by atoms with van der Waals surface area (Å²) in [5, 5.41) is 7.09. The fourth-order valence-electron chi connectivity index (χ4n) is 3.24. The zero-order chi connectivity index (χ0) is 28.5. The van der Waals surface area contributed by atoms with E-state index in [-0.39, 0.29) is 30.3 Å². The number of sulfonamides is 1. The van der Waals surface area contributed by atoms with Crippen molar-refractivity contribution in [2.45, 2.75) is 38.6 Å². The molecule has 2 amide bonds. The standard InChI is InChI=1S/C23H31IN6O7S/c1-15-9-10-20(28-38(34,35)14-17-7-5-6-8-18(17)24)23(33)30(15)13-21(31)26-19(22(32)29(3)36-4)11-12-37-27-16(2)25/h5-10,19,28H,11-14H2,1-4H3,(H2,25,27)(H,26,31). The van der Waals surface area contributed by atoms with E-state index in [0.717, 1.165) is 13.2 Å². The molecule has 1 heterocycles. The predicted molar refractivity (Wildman–Crippen MR) is 150 cm³/mol. The zero-order valence-corrected chi connectivity index (χ0v) is 24.4. The number of pyridine rings is 1. The van der Waals surface area contributed by atoms with Gasteiger partial charge in [-0.15, -0.1) is 0 Å². The van der Waals surface area contributed by atoms with Gasteiger partial charge in [0.2, 0.25) is 15.9 Å². The summed E-state index contributed by atoms with van der Waals surface area (Å²) in [4.78, 5) is 48.5. The van der Waals surface area contributed by atoms with Gasteiger partial charge in [0, 0.05) is 22.7 Å². The van der Waals surface area contributed by atoms with E-state index < -0.39 is 40.0 Å². The highest BCUT2D eigenvalue weighted by atomic mass is 127. The average Bonchev–Trinajstić information content (AvgIpc) is 2.85. The Morgan fingerprint density at radius 2 is 1.92 bits per heavy atom. The summed E-state index contributed by atoms with van der Waals surface area (Å²) in [6.45, 7) is 2.64. The van der Waals surface area contributed by atoms with Crippen LogP contribution in [0, 0.1) is 10.5 Å². The van der Waals surface area contributed by atoms with E-state index >= 15 is 0 Å². The molecule has 0 aliphatic rings. The molecular formula is C23H31IN6O7S. The van der Waals surface area contributed by atoms with Crippen LogP contribution in [-0.4, -0.2) is 62.5 Å². The maximum absolute atomic E-state index is 13.1. The zero-order valence-electron chi connectivity index (χ0n) is 21.4. The van der Waals surface area contributed by atoms with Gasteiger partial charge in [0.1, 0.15) is 30.7 Å². The maximum atomic E-state index is 13.1. The number of hydrogen-bond donors (Lipinski definition) is 3. The van der Waals surface area contributed by atoms with Crippen LogP contribution in [0.1, 0.15) is 24.6 Å². The van der Waals surface area contributed by atoms with Gasteiger partial charge in [0.25, 0.3) is 11.5 Å². The van der Waals surface area contributed by atoms with E-state index in [1.807, 2.05) is 22.6 Å². The number of oxime groups is 1. The molecule has 1 atom stereocenters. The first-order valence-corrected chi connectivity index (χ1v) is 14.0. The Kier molecular flexibility index (Phi) is 11.5. The molecule has 0 spiro atoms. The van der Waals surface area contributed by atoms with Crippen molar-refractivity contribution in [2.75, 3.05) is 25.5 Å². The number of amides is 2. The Hall–Kier alpha value is -3.18. The third-order valence-electron chi connectivity index (χ3n) is 5.19. The van der Waals surface area contributed by atoms with Crippen molar-refractivity contribution in [1.82, 2.24) is 14.9 Å². The number of carbonyl (C=O) groups is 2. The van der Waals surface area contributed by atoms with E-state index in [2.05, 4.69) is 15.2 Å². The van der Waals surface area contributed by atoms with Crippen LogP contribution in [0.5, 0.6) is 0 Å². The number of rotatable bonds is 13. The number of aromatic nitrogens is 1. The summed E-state index contributed by atoms with van der Waals surface area (Å²) in [5.74, 6) is -1.35. The molecule has 0 aliphatic carbocycles. The lowest BCUT2D eigenvalue weighted by Gasteiger charge is -2.23. The minimum Gasteiger partial charge on any atom is -0.394 e. The number of hydrogen-bond acceptors (Lipinski definition) is 8. The molecule has 13 nitrogen and oxygen atoms in total. The quantitative estimate of drug-likeness (QED) is 0.0933. The first-order chi connectivity index (χ1) is 17.8. The Morgan fingerprint density at radius 1 is 1.24 bits per heavy atom. The summed E-state index contributed by atoms with van der Waals surface area (Å²) < 4.78 is 29.7. The van der Waals surface area contributed by atoms with E-state index in [1.54, 1.807) is 31.2 Å². The van der Waals surface area contributed by atoms with Crippen molar-refractivity contribution < 1.29 is 27.7 Å². The van der Waals surface area contributed by atoms with Crippen molar-refractivity contribution in [2.24, 2.45) is 10.9 Å². The number of halogens is 1. The molecule has 1 aromatic carbocycles. The number of anilines is 1. The van der Waals surface area contributed by atoms with Crippen molar-refractivity contribution in [1.29, 1.82) is 0 Å². The van der Waals surface area contributed by atoms with Gasteiger partial charge in [-0.3, -0.25) is 23.9 Å². The van der Waals surface area contributed by atoms with E-state index in [0.29, 0.717) is 11.3 Å². The predicted octanol–water partition coefficient (Wildman–Crippen LogP) is 0.907. The van der Waals surface area contributed by atoms with Crippen LogP contribution in [0.15, 0.2) is 46.3 Å². The van der Waals surface area contributed by atoms with E-state index in [1.165, 1.54) is 33.2 Å². The van der Waals surface area contributed by atoms with Crippen LogP contribution < -0.4 is 21.3 Å². The fourth-order valence-corrected chi connectivity index (χ4v) is 5.30. The average molecular weight is 663 g/mol. The number of nitrogens with zero attached hydrogens (tertiary/aromatic N) is 3. The van der Waals surface area contributed by atoms with Gasteiger partial charge in [-0.05, 0) is 60.2 Å². The highest BCUT2D eigenvalue weighted by Gasteiger charge is 2.25. The smallest absolute Gasteiger partial charge is 0.275 e. The molecule has 0 saturated heterocycles. The molecule has 2 rings (SSSR count). The number of nitrogens with one attached hydrogen (secondary N) is 2. The van der Waals surface area contributed by atoms with Crippen molar-refractivity contribution in [3.05, 3.63) is 61.6 Å². The third-order valence-corrected chi connectivity index (χ3v) is 7.46. The largest absolute Gasteiger partial charge is 0.394 e. The van der Waals surface area contributed by atoms with Crippen molar-refractivity contribution in [3.63, 3.8) is 0 Å². The number of aryl methyl sites for hydroxylation is 1. The maximum Gasteiger partial charge on any atom is 0.275 e. The SMILES string of the molecule is CON(C)C(=O)C(CCO/N=C(\C)N)NC(=O)Cn1c(C)ccc(NS(=O)(=O)Cc2ccccc2I)c1=O. The second-order valence-corrected chi connectivity index (χ2v) is 11.1. The van der Waals surface area contributed by atoms with Gasteiger partial charge in [-0.2, -0.15) is 0 Å². The topological polar surface area (TPSA) is 174 Å². The van der Waals surface area contributed by atoms with Crippen molar-refractivity contribution in [3.8, 4) is 0 Å². The van der Waals surface area contributed by atoms with Crippen LogP contribution >= 0.6 is 22.6 Å². The summed E-state index contributed by atoms with van der Waals surface area (Å²) in [5.41, 5.74) is 5.50. The molecule has 1 unspecified atom stereocenters. The van der Waals surface area contributed by atoms with Gasteiger partial charge in [0.15, 0.2) is 0 Å². The Bertz CT molecular complexity index is 1340. The fraction of sp³-hybridized carbons (Fsp3) is 0.391. The molecule has 38 heavy (non-hydrogen) atoms.